The summed E-state index contributed by atoms with van der Waals surface area (Å²) < 4.78 is 0. The number of aliphatic hydroxyl groups is 1. The summed E-state index contributed by atoms with van der Waals surface area (Å²) in [5, 5.41) is 10.1. The summed E-state index contributed by atoms with van der Waals surface area (Å²) in [4.78, 5) is 2.54. The van der Waals surface area contributed by atoms with E-state index < -0.39 is 0 Å². The van der Waals surface area contributed by atoms with Gasteiger partial charge in [-0.3, -0.25) is 4.90 Å². The second-order valence-electron chi connectivity index (χ2n) is 6.46. The molecule has 1 aliphatic carbocycles. The van der Waals surface area contributed by atoms with Crippen LogP contribution in [0.1, 0.15) is 38.2 Å². The van der Waals surface area contributed by atoms with Crippen molar-refractivity contribution in [2.24, 2.45) is 11.8 Å². The highest BCUT2D eigenvalue weighted by Crippen LogP contribution is 2.39. The maximum Gasteiger partial charge on any atom is 0.0670 e. The summed E-state index contributed by atoms with van der Waals surface area (Å²) in [6, 6.07) is 11.4. The van der Waals surface area contributed by atoms with Gasteiger partial charge in [-0.1, -0.05) is 43.7 Å². The Hall–Kier alpha value is -0.860. The molecule has 2 nitrogen and oxygen atoms in total. The lowest BCUT2D eigenvalue weighted by molar-refractivity contribution is -0.0437. The molecule has 1 saturated carbocycles. The summed E-state index contributed by atoms with van der Waals surface area (Å²) in [5.41, 5.74) is 1.37. The number of likely N-dealkylation sites (tertiary alicyclic amines) is 1. The van der Waals surface area contributed by atoms with Crippen molar-refractivity contribution in [2.45, 2.75) is 51.3 Å². The van der Waals surface area contributed by atoms with Crippen LogP contribution in [0.25, 0.3) is 0 Å². The van der Waals surface area contributed by atoms with E-state index in [-0.39, 0.29) is 6.10 Å². The quantitative estimate of drug-likeness (QED) is 0.882. The molecule has 104 valence electrons. The van der Waals surface area contributed by atoms with E-state index in [2.05, 4.69) is 42.2 Å². The molecule has 1 heterocycles. The van der Waals surface area contributed by atoms with Gasteiger partial charge in [0, 0.05) is 19.1 Å². The third-order valence-electron chi connectivity index (χ3n) is 4.97. The molecule has 19 heavy (non-hydrogen) atoms. The smallest absolute Gasteiger partial charge is 0.0670 e. The Morgan fingerprint density at radius 3 is 2.79 bits per heavy atom. The first-order valence-electron chi connectivity index (χ1n) is 7.70. The molecule has 4 atom stereocenters. The molecule has 1 N–H and O–H groups in total. The highest BCUT2D eigenvalue weighted by molar-refractivity contribution is 5.15. The van der Waals surface area contributed by atoms with E-state index in [4.69, 9.17) is 0 Å². The maximum atomic E-state index is 10.1. The molecule has 3 rings (SSSR count). The Kier molecular flexibility index (Phi) is 3.90. The van der Waals surface area contributed by atoms with Crippen molar-refractivity contribution in [3.8, 4) is 0 Å². The molecule has 0 aromatic heterocycles. The van der Waals surface area contributed by atoms with Gasteiger partial charge in [-0.25, -0.2) is 0 Å². The van der Waals surface area contributed by atoms with E-state index >= 15 is 0 Å². The Bertz CT molecular complexity index is 405. The topological polar surface area (TPSA) is 23.5 Å². The molecule has 2 fully saturated rings. The van der Waals surface area contributed by atoms with Crippen LogP contribution < -0.4 is 0 Å². The lowest BCUT2D eigenvalue weighted by Gasteiger charge is -2.49. The van der Waals surface area contributed by atoms with Crippen LogP contribution in [0.15, 0.2) is 30.3 Å². The number of piperidine rings is 1. The van der Waals surface area contributed by atoms with Crippen LogP contribution in [0.3, 0.4) is 0 Å². The van der Waals surface area contributed by atoms with Crippen LogP contribution in [0, 0.1) is 11.8 Å². The van der Waals surface area contributed by atoms with Gasteiger partial charge in [0.15, 0.2) is 0 Å². The molecule has 0 unspecified atom stereocenters. The monoisotopic (exact) mass is 259 g/mol. The normalized spacial score (nSPS) is 35.9. The van der Waals surface area contributed by atoms with E-state index in [1.807, 2.05) is 0 Å². The van der Waals surface area contributed by atoms with Crippen molar-refractivity contribution in [2.75, 3.05) is 6.54 Å². The number of aliphatic hydroxyl groups excluding tert-OH is 1. The molecule has 1 saturated heterocycles. The van der Waals surface area contributed by atoms with Gasteiger partial charge in [0.25, 0.3) is 0 Å². The number of hydrogen-bond donors (Lipinski definition) is 1. The summed E-state index contributed by atoms with van der Waals surface area (Å²) in [5.74, 6) is 1.48. The molecule has 2 aliphatic rings. The zero-order chi connectivity index (χ0) is 13.2. The van der Waals surface area contributed by atoms with E-state index in [1.54, 1.807) is 0 Å². The van der Waals surface area contributed by atoms with Crippen LogP contribution in [0.5, 0.6) is 0 Å². The summed E-state index contributed by atoms with van der Waals surface area (Å²) in [6.07, 6.45) is 4.88. The third kappa shape index (κ3) is 2.85. The fourth-order valence-electron chi connectivity index (χ4n) is 4.23. The highest BCUT2D eigenvalue weighted by Gasteiger charge is 2.40. The average Bonchev–Trinajstić information content (AvgIpc) is 2.39. The maximum absolute atomic E-state index is 10.1. The van der Waals surface area contributed by atoms with E-state index in [0.29, 0.717) is 12.0 Å². The van der Waals surface area contributed by atoms with Crippen molar-refractivity contribution < 1.29 is 5.11 Å². The highest BCUT2D eigenvalue weighted by atomic mass is 16.3. The van der Waals surface area contributed by atoms with Crippen LogP contribution >= 0.6 is 0 Å². The SMILES string of the molecule is C[C@@H]1CCC[C@H]2C[C@@H](O)CN(Cc3ccccc3)[C@@H]21. The Morgan fingerprint density at radius 2 is 2.00 bits per heavy atom. The Labute approximate surface area is 116 Å². The van der Waals surface area contributed by atoms with E-state index in [1.165, 1.54) is 24.8 Å². The van der Waals surface area contributed by atoms with Crippen molar-refractivity contribution in [1.82, 2.24) is 4.90 Å². The van der Waals surface area contributed by atoms with Crippen molar-refractivity contribution in [3.05, 3.63) is 35.9 Å². The number of rotatable bonds is 2. The molecule has 1 aromatic carbocycles. The second kappa shape index (κ2) is 5.64. The fraction of sp³-hybridized carbons (Fsp3) is 0.647. The van der Waals surface area contributed by atoms with Crippen LogP contribution in [0.4, 0.5) is 0 Å². The van der Waals surface area contributed by atoms with Crippen molar-refractivity contribution in [3.63, 3.8) is 0 Å². The van der Waals surface area contributed by atoms with Crippen LogP contribution in [-0.2, 0) is 6.54 Å². The van der Waals surface area contributed by atoms with Gasteiger partial charge in [0.1, 0.15) is 0 Å². The number of fused-ring (bicyclic) bond motifs is 1. The van der Waals surface area contributed by atoms with Gasteiger partial charge < -0.3 is 5.11 Å². The summed E-state index contributed by atoms with van der Waals surface area (Å²) in [6.45, 7) is 4.23. The molecular weight excluding hydrogens is 234 g/mol. The zero-order valence-corrected chi connectivity index (χ0v) is 11.8. The van der Waals surface area contributed by atoms with Crippen LogP contribution in [-0.4, -0.2) is 28.7 Å². The van der Waals surface area contributed by atoms with Gasteiger partial charge in [-0.15, -0.1) is 0 Å². The predicted molar refractivity (Wildman–Crippen MR) is 77.8 cm³/mol. The minimum Gasteiger partial charge on any atom is -0.392 e. The Morgan fingerprint density at radius 1 is 1.21 bits per heavy atom. The molecule has 0 amide bonds. The second-order valence-corrected chi connectivity index (χ2v) is 6.46. The molecular formula is C17H25NO. The van der Waals surface area contributed by atoms with Crippen molar-refractivity contribution >= 4 is 0 Å². The van der Waals surface area contributed by atoms with Gasteiger partial charge >= 0.3 is 0 Å². The van der Waals surface area contributed by atoms with Gasteiger partial charge in [0.2, 0.25) is 0 Å². The number of benzene rings is 1. The standard InChI is InChI=1S/C17H25NO/c1-13-6-5-9-15-10-16(19)12-18(17(13)15)11-14-7-3-2-4-8-14/h2-4,7-8,13,15-17,19H,5-6,9-12H2,1H3/t13-,15+,16-,17-/m1/s1. The van der Waals surface area contributed by atoms with Crippen molar-refractivity contribution in [1.29, 1.82) is 0 Å². The zero-order valence-electron chi connectivity index (χ0n) is 11.8. The first kappa shape index (κ1) is 13.1. The first-order valence-corrected chi connectivity index (χ1v) is 7.70. The average molecular weight is 259 g/mol. The minimum absolute atomic E-state index is 0.129. The third-order valence-corrected chi connectivity index (χ3v) is 4.97. The largest absolute Gasteiger partial charge is 0.392 e. The molecule has 1 aromatic rings. The van der Waals surface area contributed by atoms with E-state index in [9.17, 15) is 5.11 Å². The van der Waals surface area contributed by atoms with Crippen LogP contribution in [0.2, 0.25) is 0 Å². The minimum atomic E-state index is -0.129. The summed E-state index contributed by atoms with van der Waals surface area (Å²) in [7, 11) is 0. The van der Waals surface area contributed by atoms with Gasteiger partial charge in [0.05, 0.1) is 6.10 Å². The Balaban J connectivity index is 1.77. The number of hydrogen-bond acceptors (Lipinski definition) is 2. The summed E-state index contributed by atoms with van der Waals surface area (Å²) >= 11 is 0. The molecule has 0 spiro atoms. The lowest BCUT2D eigenvalue weighted by Crippen LogP contribution is -2.54. The first-order chi connectivity index (χ1) is 9.24. The number of β-amino-alcohol motifs (C(OH)–C–C–N with tert-alkyl or cyclic N) is 1. The van der Waals surface area contributed by atoms with Gasteiger partial charge in [-0.2, -0.15) is 0 Å². The molecule has 2 heteroatoms. The predicted octanol–water partition coefficient (Wildman–Crippen LogP) is 3.06. The number of nitrogens with zero attached hydrogens (tertiary/aromatic N) is 1. The molecule has 0 bridgehead atoms. The fourth-order valence-corrected chi connectivity index (χ4v) is 4.23. The van der Waals surface area contributed by atoms with Gasteiger partial charge in [-0.05, 0) is 36.7 Å². The molecule has 0 radical (unpaired) electrons. The van der Waals surface area contributed by atoms with E-state index in [0.717, 1.165) is 25.4 Å². The molecule has 1 aliphatic heterocycles. The lowest BCUT2D eigenvalue weighted by atomic mass is 9.72.